The minimum atomic E-state index is -0.258. The van der Waals surface area contributed by atoms with Gasteiger partial charge in [-0.3, -0.25) is 9.69 Å². The van der Waals surface area contributed by atoms with Crippen molar-refractivity contribution in [2.75, 3.05) is 43.5 Å². The number of hydrogen-bond acceptors (Lipinski definition) is 4. The van der Waals surface area contributed by atoms with Crippen molar-refractivity contribution in [1.82, 2.24) is 10.2 Å². The van der Waals surface area contributed by atoms with Crippen LogP contribution in [0, 0.1) is 12.8 Å². The molecule has 1 aromatic rings. The van der Waals surface area contributed by atoms with Gasteiger partial charge in [-0.1, -0.05) is 19.9 Å². The number of amides is 3. The Morgan fingerprint density at radius 3 is 2.48 bits per heavy atom. The van der Waals surface area contributed by atoms with Gasteiger partial charge >= 0.3 is 6.03 Å². The smallest absolute Gasteiger partial charge is 0.319 e. The first kappa shape index (κ1) is 21.2. The molecule has 1 aliphatic rings. The van der Waals surface area contributed by atoms with Crippen molar-refractivity contribution in [3.8, 4) is 0 Å². The number of carbonyl (C=O) groups is 2. The maximum Gasteiger partial charge on any atom is 0.319 e. The van der Waals surface area contributed by atoms with Crippen LogP contribution in [0.15, 0.2) is 18.2 Å². The number of anilines is 2. The molecule has 3 N–H and O–H groups in total. The molecule has 1 saturated heterocycles. The lowest BCUT2D eigenvalue weighted by molar-refractivity contribution is -0.118. The van der Waals surface area contributed by atoms with Gasteiger partial charge in [-0.15, -0.1) is 0 Å². The quantitative estimate of drug-likeness (QED) is 0.713. The molecule has 1 heterocycles. The highest BCUT2D eigenvalue weighted by atomic mass is 16.5. The second kappa shape index (κ2) is 9.19. The lowest BCUT2D eigenvalue weighted by atomic mass is 10.0. The number of nitrogens with one attached hydrogen (secondary N) is 3. The molecule has 0 atom stereocenters. The number of rotatable bonds is 6. The number of morpholine rings is 1. The predicted molar refractivity (Wildman–Crippen MR) is 108 cm³/mol. The van der Waals surface area contributed by atoms with E-state index in [2.05, 4.69) is 34.7 Å². The van der Waals surface area contributed by atoms with Gasteiger partial charge in [-0.2, -0.15) is 0 Å². The number of carbonyl (C=O) groups excluding carboxylic acids is 2. The molecule has 0 unspecified atom stereocenters. The zero-order chi connectivity index (χ0) is 20.0. The monoisotopic (exact) mass is 376 g/mol. The molecule has 0 bridgehead atoms. The molecule has 0 aliphatic carbocycles. The average Bonchev–Trinajstić information content (AvgIpc) is 2.63. The first-order valence-electron chi connectivity index (χ1n) is 9.48. The van der Waals surface area contributed by atoms with Crippen molar-refractivity contribution in [2.45, 2.75) is 40.2 Å². The van der Waals surface area contributed by atoms with E-state index >= 15 is 0 Å². The van der Waals surface area contributed by atoms with E-state index in [4.69, 9.17) is 4.74 Å². The van der Waals surface area contributed by atoms with E-state index in [0.717, 1.165) is 31.9 Å². The number of hydrogen-bond donors (Lipinski definition) is 3. The van der Waals surface area contributed by atoms with Crippen LogP contribution < -0.4 is 16.0 Å². The van der Waals surface area contributed by atoms with Crippen LogP contribution in [0.2, 0.25) is 0 Å². The summed E-state index contributed by atoms with van der Waals surface area (Å²) in [5, 5.41) is 8.69. The number of benzene rings is 1. The van der Waals surface area contributed by atoms with Gasteiger partial charge in [-0.05, 0) is 38.5 Å². The summed E-state index contributed by atoms with van der Waals surface area (Å²) in [7, 11) is 0. The zero-order valence-corrected chi connectivity index (χ0v) is 17.0. The van der Waals surface area contributed by atoms with Gasteiger partial charge in [0.25, 0.3) is 0 Å². The van der Waals surface area contributed by atoms with Crippen molar-refractivity contribution in [1.29, 1.82) is 0 Å². The summed E-state index contributed by atoms with van der Waals surface area (Å²) >= 11 is 0. The summed E-state index contributed by atoms with van der Waals surface area (Å²) in [4.78, 5) is 26.6. The normalized spacial score (nSPS) is 15.5. The minimum Gasteiger partial charge on any atom is -0.379 e. The van der Waals surface area contributed by atoms with E-state index in [1.807, 2.05) is 32.9 Å². The second-order valence-corrected chi connectivity index (χ2v) is 7.89. The van der Waals surface area contributed by atoms with E-state index in [9.17, 15) is 9.59 Å². The molecule has 1 fully saturated rings. The van der Waals surface area contributed by atoms with E-state index in [0.29, 0.717) is 17.9 Å². The summed E-state index contributed by atoms with van der Waals surface area (Å²) in [5.74, 6) is -0.157. The molecule has 0 radical (unpaired) electrons. The molecule has 0 spiro atoms. The Hall–Kier alpha value is -2.12. The van der Waals surface area contributed by atoms with Gasteiger partial charge in [0.05, 0.1) is 13.2 Å². The van der Waals surface area contributed by atoms with Crippen LogP contribution in [0.3, 0.4) is 0 Å². The van der Waals surface area contributed by atoms with Crippen LogP contribution >= 0.6 is 0 Å². The van der Waals surface area contributed by atoms with Crippen LogP contribution in [-0.2, 0) is 9.53 Å². The van der Waals surface area contributed by atoms with Crippen LogP contribution in [0.4, 0.5) is 16.2 Å². The predicted octanol–water partition coefficient (Wildman–Crippen LogP) is 2.82. The largest absolute Gasteiger partial charge is 0.379 e. The van der Waals surface area contributed by atoms with Crippen molar-refractivity contribution >= 4 is 23.3 Å². The van der Waals surface area contributed by atoms with E-state index in [1.165, 1.54) is 0 Å². The molecule has 2 rings (SSSR count). The third kappa shape index (κ3) is 6.22. The Balaban J connectivity index is 1.93. The Kier molecular flexibility index (Phi) is 7.21. The average molecular weight is 377 g/mol. The molecule has 1 aliphatic heterocycles. The maximum absolute atomic E-state index is 12.4. The molecule has 7 nitrogen and oxygen atoms in total. The Bertz CT molecular complexity index is 667. The highest BCUT2D eigenvalue weighted by Gasteiger charge is 2.28. The SMILES string of the molecule is Cc1ccc(NC(=O)C(C)C)cc1NC(=O)NCC(C)(C)N1CCOCC1. The van der Waals surface area contributed by atoms with E-state index < -0.39 is 0 Å². The molecule has 1 aromatic carbocycles. The zero-order valence-electron chi connectivity index (χ0n) is 17.0. The summed E-state index contributed by atoms with van der Waals surface area (Å²) < 4.78 is 5.39. The molecule has 0 saturated carbocycles. The van der Waals surface area contributed by atoms with E-state index in [1.54, 1.807) is 6.07 Å². The molecule has 3 amide bonds. The Morgan fingerprint density at radius 2 is 1.85 bits per heavy atom. The number of nitrogens with zero attached hydrogens (tertiary/aromatic N) is 1. The molecule has 27 heavy (non-hydrogen) atoms. The van der Waals surface area contributed by atoms with E-state index in [-0.39, 0.29) is 23.4 Å². The van der Waals surface area contributed by atoms with Gasteiger partial charge in [0.1, 0.15) is 0 Å². The topological polar surface area (TPSA) is 82.7 Å². The third-order valence-corrected chi connectivity index (χ3v) is 4.83. The van der Waals surface area contributed by atoms with Gasteiger partial charge in [0.15, 0.2) is 0 Å². The molecular weight excluding hydrogens is 344 g/mol. The molecular formula is C20H32N4O3. The van der Waals surface area contributed by atoms with Gasteiger partial charge in [0.2, 0.25) is 5.91 Å². The summed E-state index contributed by atoms with van der Waals surface area (Å²) in [6, 6.07) is 5.23. The lowest BCUT2D eigenvalue weighted by Gasteiger charge is -2.40. The summed E-state index contributed by atoms with van der Waals surface area (Å²) in [6.45, 7) is 13.5. The van der Waals surface area contributed by atoms with Crippen LogP contribution in [0.5, 0.6) is 0 Å². The van der Waals surface area contributed by atoms with Crippen molar-refractivity contribution in [3.05, 3.63) is 23.8 Å². The highest BCUT2D eigenvalue weighted by molar-refractivity contribution is 5.94. The summed E-state index contributed by atoms with van der Waals surface area (Å²) in [6.07, 6.45) is 0. The number of urea groups is 1. The van der Waals surface area contributed by atoms with Gasteiger partial charge in [0, 0.05) is 42.5 Å². The van der Waals surface area contributed by atoms with Gasteiger partial charge in [-0.25, -0.2) is 4.79 Å². The number of ether oxygens (including phenoxy) is 1. The fourth-order valence-corrected chi connectivity index (χ4v) is 2.86. The van der Waals surface area contributed by atoms with Crippen molar-refractivity contribution in [2.24, 2.45) is 5.92 Å². The van der Waals surface area contributed by atoms with Crippen LogP contribution in [0.1, 0.15) is 33.3 Å². The number of aryl methyl sites for hydroxylation is 1. The van der Waals surface area contributed by atoms with Crippen LogP contribution in [0.25, 0.3) is 0 Å². The molecule has 0 aromatic heterocycles. The fourth-order valence-electron chi connectivity index (χ4n) is 2.86. The Morgan fingerprint density at radius 1 is 1.19 bits per heavy atom. The van der Waals surface area contributed by atoms with Crippen molar-refractivity contribution < 1.29 is 14.3 Å². The van der Waals surface area contributed by atoms with Gasteiger partial charge < -0.3 is 20.7 Å². The summed E-state index contributed by atoms with van der Waals surface area (Å²) in [5.41, 5.74) is 2.13. The first-order valence-corrected chi connectivity index (χ1v) is 9.48. The van der Waals surface area contributed by atoms with Crippen molar-refractivity contribution in [3.63, 3.8) is 0 Å². The maximum atomic E-state index is 12.4. The lowest BCUT2D eigenvalue weighted by Crippen LogP contribution is -2.55. The van der Waals surface area contributed by atoms with Crippen LogP contribution in [-0.4, -0.2) is 55.2 Å². The minimum absolute atomic E-state index is 0.0542. The Labute approximate surface area is 161 Å². The second-order valence-electron chi connectivity index (χ2n) is 7.89. The fraction of sp³-hybridized carbons (Fsp3) is 0.600. The highest BCUT2D eigenvalue weighted by Crippen LogP contribution is 2.21. The standard InChI is InChI=1S/C20H32N4O3/c1-14(2)18(25)22-16-7-6-15(3)17(12-16)23-19(26)21-13-20(4,5)24-8-10-27-11-9-24/h6-7,12,14H,8-11,13H2,1-5H3,(H,22,25)(H2,21,23,26). The molecule has 150 valence electrons. The molecule has 7 heteroatoms. The first-order chi connectivity index (χ1) is 12.7. The third-order valence-electron chi connectivity index (χ3n) is 4.83.